The fourth-order valence-corrected chi connectivity index (χ4v) is 4.21. The second kappa shape index (κ2) is 8.48. The molecule has 0 radical (unpaired) electrons. The standard InChI is InChI=1S/C21H23NO4S/c1-13(23)15-8-10-17(11-9-15)22-20(24)14(2)26-21(25)19-12-16-6-4-3-5-7-18(16)27-19/h8-12,14H,3-7H2,1-2H3,(H,22,24). The first-order chi connectivity index (χ1) is 12.9. The van der Waals surface area contributed by atoms with Crippen LogP contribution in [0.5, 0.6) is 0 Å². The number of nitrogens with one attached hydrogen (secondary N) is 1. The summed E-state index contributed by atoms with van der Waals surface area (Å²) >= 11 is 1.48. The zero-order valence-electron chi connectivity index (χ0n) is 15.5. The van der Waals surface area contributed by atoms with Crippen molar-refractivity contribution in [2.24, 2.45) is 0 Å². The van der Waals surface area contributed by atoms with Crippen molar-refractivity contribution < 1.29 is 19.1 Å². The lowest BCUT2D eigenvalue weighted by Crippen LogP contribution is -2.29. The van der Waals surface area contributed by atoms with Crippen LogP contribution in [0.2, 0.25) is 0 Å². The van der Waals surface area contributed by atoms with Crippen LogP contribution in [0.25, 0.3) is 0 Å². The molecule has 1 aliphatic carbocycles. The number of carbonyl (C=O) groups is 3. The molecule has 1 atom stereocenters. The first kappa shape index (κ1) is 19.3. The number of benzene rings is 1. The quantitative estimate of drug-likeness (QED) is 0.470. The van der Waals surface area contributed by atoms with E-state index in [1.165, 1.54) is 35.1 Å². The van der Waals surface area contributed by atoms with E-state index < -0.39 is 18.0 Å². The van der Waals surface area contributed by atoms with E-state index in [0.717, 1.165) is 25.7 Å². The second-order valence-corrected chi connectivity index (χ2v) is 7.93. The summed E-state index contributed by atoms with van der Waals surface area (Å²) < 4.78 is 5.35. The van der Waals surface area contributed by atoms with Gasteiger partial charge in [-0.05, 0) is 75.4 Å². The van der Waals surface area contributed by atoms with Gasteiger partial charge in [0.15, 0.2) is 11.9 Å². The Balaban J connectivity index is 1.59. The van der Waals surface area contributed by atoms with Crippen LogP contribution in [0, 0.1) is 0 Å². The third-order valence-corrected chi connectivity index (χ3v) is 5.88. The van der Waals surface area contributed by atoms with Crippen LogP contribution in [-0.2, 0) is 22.4 Å². The predicted molar refractivity (Wildman–Crippen MR) is 106 cm³/mol. The number of rotatable bonds is 5. The van der Waals surface area contributed by atoms with Gasteiger partial charge < -0.3 is 10.1 Å². The summed E-state index contributed by atoms with van der Waals surface area (Å²) in [6, 6.07) is 8.51. The van der Waals surface area contributed by atoms with Gasteiger partial charge in [-0.2, -0.15) is 0 Å². The van der Waals surface area contributed by atoms with Crippen molar-refractivity contribution in [3.05, 3.63) is 51.2 Å². The van der Waals surface area contributed by atoms with Crippen molar-refractivity contribution in [2.75, 3.05) is 5.32 Å². The summed E-state index contributed by atoms with van der Waals surface area (Å²) in [6.07, 6.45) is 4.64. The van der Waals surface area contributed by atoms with Crippen LogP contribution in [-0.4, -0.2) is 23.8 Å². The molecule has 0 bridgehead atoms. The van der Waals surface area contributed by atoms with Crippen LogP contribution in [0.3, 0.4) is 0 Å². The van der Waals surface area contributed by atoms with E-state index in [2.05, 4.69) is 5.32 Å². The highest BCUT2D eigenvalue weighted by molar-refractivity contribution is 7.14. The van der Waals surface area contributed by atoms with Gasteiger partial charge in [-0.25, -0.2) is 4.79 Å². The van der Waals surface area contributed by atoms with Gasteiger partial charge in [-0.3, -0.25) is 9.59 Å². The van der Waals surface area contributed by atoms with Crippen molar-refractivity contribution >= 4 is 34.7 Å². The topological polar surface area (TPSA) is 72.5 Å². The Morgan fingerprint density at radius 2 is 1.78 bits per heavy atom. The zero-order chi connectivity index (χ0) is 19.4. The smallest absolute Gasteiger partial charge is 0.349 e. The second-order valence-electron chi connectivity index (χ2n) is 6.79. The fraction of sp³-hybridized carbons (Fsp3) is 0.381. The molecule has 0 saturated heterocycles. The van der Waals surface area contributed by atoms with Gasteiger partial charge in [0.25, 0.3) is 5.91 Å². The minimum absolute atomic E-state index is 0.0375. The molecule has 1 heterocycles. The normalized spacial score (nSPS) is 14.6. The summed E-state index contributed by atoms with van der Waals surface area (Å²) in [5.74, 6) is -0.899. The molecular formula is C21H23NO4S. The summed E-state index contributed by atoms with van der Waals surface area (Å²) in [5, 5.41) is 2.70. The molecule has 1 aliphatic rings. The third kappa shape index (κ3) is 4.83. The summed E-state index contributed by atoms with van der Waals surface area (Å²) in [5.41, 5.74) is 2.37. The molecule has 0 saturated carbocycles. The number of ether oxygens (including phenoxy) is 1. The van der Waals surface area contributed by atoms with Gasteiger partial charge >= 0.3 is 5.97 Å². The number of amides is 1. The summed E-state index contributed by atoms with van der Waals surface area (Å²) in [4.78, 5) is 37.8. The molecular weight excluding hydrogens is 362 g/mol. The molecule has 1 amide bonds. The van der Waals surface area contributed by atoms with Gasteiger partial charge in [-0.1, -0.05) is 6.42 Å². The molecule has 0 fully saturated rings. The highest BCUT2D eigenvalue weighted by Crippen LogP contribution is 2.29. The largest absolute Gasteiger partial charge is 0.448 e. The van der Waals surface area contributed by atoms with Gasteiger partial charge in [0.1, 0.15) is 4.88 Å². The van der Waals surface area contributed by atoms with Gasteiger partial charge in [0, 0.05) is 16.1 Å². The van der Waals surface area contributed by atoms with E-state index in [9.17, 15) is 14.4 Å². The predicted octanol–water partition coefficient (Wildman–Crippen LogP) is 4.40. The summed E-state index contributed by atoms with van der Waals surface area (Å²) in [7, 11) is 0. The van der Waals surface area contributed by atoms with Crippen molar-refractivity contribution in [2.45, 2.75) is 52.1 Å². The minimum Gasteiger partial charge on any atom is -0.448 e. The number of hydrogen-bond acceptors (Lipinski definition) is 5. The Hall–Kier alpha value is -2.47. The average Bonchev–Trinajstić information content (AvgIpc) is 2.93. The van der Waals surface area contributed by atoms with E-state index in [0.29, 0.717) is 16.1 Å². The van der Waals surface area contributed by atoms with E-state index in [4.69, 9.17) is 4.74 Å². The highest BCUT2D eigenvalue weighted by Gasteiger charge is 2.22. The Morgan fingerprint density at radius 3 is 2.48 bits per heavy atom. The van der Waals surface area contributed by atoms with Crippen LogP contribution in [0.1, 0.15) is 63.6 Å². The third-order valence-electron chi connectivity index (χ3n) is 4.66. The number of carbonyl (C=O) groups excluding carboxylic acids is 3. The minimum atomic E-state index is -0.910. The number of thiophene rings is 1. The molecule has 1 aromatic carbocycles. The molecule has 0 spiro atoms. The number of Topliss-reactive ketones (excluding diaryl/α,β-unsaturated/α-hetero) is 1. The van der Waals surface area contributed by atoms with Gasteiger partial charge in [-0.15, -0.1) is 11.3 Å². The number of aryl methyl sites for hydroxylation is 2. The molecule has 2 aromatic rings. The van der Waals surface area contributed by atoms with Gasteiger partial charge in [0.2, 0.25) is 0 Å². The number of fused-ring (bicyclic) bond motifs is 1. The molecule has 142 valence electrons. The first-order valence-corrected chi connectivity index (χ1v) is 10.00. The maximum absolute atomic E-state index is 12.4. The molecule has 1 aromatic heterocycles. The van der Waals surface area contributed by atoms with Gasteiger partial charge in [0.05, 0.1) is 0 Å². The molecule has 5 nitrogen and oxygen atoms in total. The number of anilines is 1. The van der Waals surface area contributed by atoms with Crippen molar-refractivity contribution in [1.29, 1.82) is 0 Å². The molecule has 3 rings (SSSR count). The number of ketones is 1. The molecule has 6 heteroatoms. The Kier molecular flexibility index (Phi) is 6.06. The Morgan fingerprint density at radius 1 is 1.07 bits per heavy atom. The van der Waals surface area contributed by atoms with Crippen LogP contribution < -0.4 is 5.32 Å². The van der Waals surface area contributed by atoms with E-state index in [1.54, 1.807) is 31.2 Å². The maximum atomic E-state index is 12.4. The lowest BCUT2D eigenvalue weighted by molar-refractivity contribution is -0.123. The monoisotopic (exact) mass is 385 g/mol. The first-order valence-electron chi connectivity index (χ1n) is 9.18. The SMILES string of the molecule is CC(=O)c1ccc(NC(=O)C(C)OC(=O)c2cc3c(s2)CCCCC3)cc1. The van der Waals surface area contributed by atoms with Crippen LogP contribution >= 0.6 is 11.3 Å². The number of esters is 1. The van der Waals surface area contributed by atoms with Crippen molar-refractivity contribution in [3.63, 3.8) is 0 Å². The average molecular weight is 385 g/mol. The van der Waals surface area contributed by atoms with Crippen LogP contribution in [0.4, 0.5) is 5.69 Å². The fourth-order valence-electron chi connectivity index (χ4n) is 3.07. The Labute approximate surface area is 162 Å². The lowest BCUT2D eigenvalue weighted by atomic mass is 10.1. The molecule has 27 heavy (non-hydrogen) atoms. The molecule has 1 unspecified atom stereocenters. The molecule has 0 aliphatic heterocycles. The van der Waals surface area contributed by atoms with E-state index in [1.807, 2.05) is 6.07 Å². The highest BCUT2D eigenvalue weighted by atomic mass is 32.1. The van der Waals surface area contributed by atoms with E-state index >= 15 is 0 Å². The van der Waals surface area contributed by atoms with Crippen molar-refractivity contribution in [1.82, 2.24) is 0 Å². The maximum Gasteiger partial charge on any atom is 0.349 e. The lowest BCUT2D eigenvalue weighted by Gasteiger charge is -2.13. The summed E-state index contributed by atoms with van der Waals surface area (Å²) in [6.45, 7) is 3.04. The van der Waals surface area contributed by atoms with E-state index in [-0.39, 0.29) is 5.78 Å². The van der Waals surface area contributed by atoms with Crippen LogP contribution in [0.15, 0.2) is 30.3 Å². The number of hydrogen-bond donors (Lipinski definition) is 1. The Bertz CT molecular complexity index is 830. The zero-order valence-corrected chi connectivity index (χ0v) is 16.4. The van der Waals surface area contributed by atoms with Crippen molar-refractivity contribution in [3.8, 4) is 0 Å². The molecule has 1 N–H and O–H groups in total.